The summed E-state index contributed by atoms with van der Waals surface area (Å²) in [5.41, 5.74) is 5.93. The lowest BCUT2D eigenvalue weighted by Crippen LogP contribution is -1.93. The van der Waals surface area contributed by atoms with Gasteiger partial charge in [0.1, 0.15) is 11.8 Å². The minimum absolute atomic E-state index is 0.666. The lowest BCUT2D eigenvalue weighted by atomic mass is 10.1. The molecule has 3 nitrogen and oxygen atoms in total. The van der Waals surface area contributed by atoms with Crippen molar-refractivity contribution >= 4 is 23.1 Å². The van der Waals surface area contributed by atoms with Crippen LogP contribution < -0.4 is 0 Å². The molecule has 0 amide bonds. The van der Waals surface area contributed by atoms with Gasteiger partial charge in [0.15, 0.2) is 0 Å². The summed E-state index contributed by atoms with van der Waals surface area (Å²) >= 11 is 0. The van der Waals surface area contributed by atoms with E-state index in [2.05, 4.69) is 36.2 Å². The Balaban J connectivity index is 1.96. The van der Waals surface area contributed by atoms with E-state index in [1.54, 1.807) is 0 Å². The molecule has 0 fully saturated rings. The number of pyridine rings is 1. The molecule has 0 saturated heterocycles. The molecule has 0 unspecified atom stereocenters. The molecule has 3 aromatic rings. The van der Waals surface area contributed by atoms with Crippen molar-refractivity contribution in [2.75, 3.05) is 0 Å². The van der Waals surface area contributed by atoms with Crippen molar-refractivity contribution in [1.82, 2.24) is 9.55 Å². The summed E-state index contributed by atoms with van der Waals surface area (Å²) in [6, 6.07) is 14.5. The number of hydrogen-bond donors (Lipinski definition) is 0. The molecule has 2 aromatic heterocycles. The van der Waals surface area contributed by atoms with Gasteiger partial charge in [-0.2, -0.15) is 5.26 Å². The van der Waals surface area contributed by atoms with E-state index in [0.717, 1.165) is 27.9 Å². The van der Waals surface area contributed by atoms with Crippen LogP contribution in [0.15, 0.2) is 36.4 Å². The van der Waals surface area contributed by atoms with Gasteiger partial charge < -0.3 is 4.57 Å². The number of aromatic nitrogens is 2. The molecule has 0 N–H and O–H groups in total. The average molecular weight is 287 g/mol. The van der Waals surface area contributed by atoms with Crippen molar-refractivity contribution in [2.45, 2.75) is 13.8 Å². The first-order valence-corrected chi connectivity index (χ1v) is 7.20. The molecule has 0 spiro atoms. The quantitative estimate of drug-likeness (QED) is 0.707. The largest absolute Gasteiger partial charge is 0.339 e. The fourth-order valence-corrected chi connectivity index (χ4v) is 2.53. The summed E-state index contributed by atoms with van der Waals surface area (Å²) in [5, 5.41) is 10.2. The Morgan fingerprint density at radius 3 is 2.64 bits per heavy atom. The third kappa shape index (κ3) is 2.51. The SMILES string of the molecule is Cc1ccc2nc(/C=C/c3cc(C#N)n(C)c3C)ccc2c1. The van der Waals surface area contributed by atoms with Crippen molar-refractivity contribution in [3.8, 4) is 6.07 Å². The Morgan fingerprint density at radius 1 is 1.09 bits per heavy atom. The topological polar surface area (TPSA) is 41.6 Å². The summed E-state index contributed by atoms with van der Waals surface area (Å²) in [5.74, 6) is 0. The third-order valence-electron chi connectivity index (χ3n) is 3.99. The monoisotopic (exact) mass is 287 g/mol. The maximum Gasteiger partial charge on any atom is 0.120 e. The van der Waals surface area contributed by atoms with Crippen LogP contribution in [0.1, 0.15) is 28.2 Å². The zero-order valence-corrected chi connectivity index (χ0v) is 13.0. The van der Waals surface area contributed by atoms with Crippen LogP contribution in [0, 0.1) is 25.2 Å². The summed E-state index contributed by atoms with van der Waals surface area (Å²) in [6.45, 7) is 4.09. The van der Waals surface area contributed by atoms with Crippen molar-refractivity contribution < 1.29 is 0 Å². The molecule has 0 aliphatic rings. The molecule has 0 atom stereocenters. The second-order valence-corrected chi connectivity index (χ2v) is 5.51. The van der Waals surface area contributed by atoms with Gasteiger partial charge >= 0.3 is 0 Å². The van der Waals surface area contributed by atoms with Crippen LogP contribution in [0.25, 0.3) is 23.1 Å². The Bertz CT molecular complexity index is 924. The highest BCUT2D eigenvalue weighted by molar-refractivity contribution is 5.81. The number of fused-ring (bicyclic) bond motifs is 1. The van der Waals surface area contributed by atoms with E-state index in [-0.39, 0.29) is 0 Å². The molecule has 0 bridgehead atoms. The highest BCUT2D eigenvalue weighted by atomic mass is 14.9. The molecule has 2 heterocycles. The van der Waals surface area contributed by atoms with E-state index in [1.165, 1.54) is 5.56 Å². The predicted octanol–water partition coefficient (Wildman–Crippen LogP) is 4.23. The molecule has 0 radical (unpaired) electrons. The van der Waals surface area contributed by atoms with Crippen molar-refractivity contribution in [1.29, 1.82) is 5.26 Å². The molecule has 0 aliphatic heterocycles. The number of nitrogens with zero attached hydrogens (tertiary/aromatic N) is 3. The van der Waals surface area contributed by atoms with E-state index in [9.17, 15) is 0 Å². The summed E-state index contributed by atoms with van der Waals surface area (Å²) in [4.78, 5) is 4.65. The second kappa shape index (κ2) is 5.50. The second-order valence-electron chi connectivity index (χ2n) is 5.51. The van der Waals surface area contributed by atoms with Gasteiger partial charge in [-0.3, -0.25) is 0 Å². The minimum atomic E-state index is 0.666. The summed E-state index contributed by atoms with van der Waals surface area (Å²) in [7, 11) is 1.90. The fourth-order valence-electron chi connectivity index (χ4n) is 2.53. The van der Waals surface area contributed by atoms with Gasteiger partial charge in [-0.05, 0) is 49.8 Å². The summed E-state index contributed by atoms with van der Waals surface area (Å²) < 4.78 is 1.90. The molecule has 1 aromatic carbocycles. The highest BCUT2D eigenvalue weighted by Gasteiger charge is 2.05. The van der Waals surface area contributed by atoms with Crippen LogP contribution in [0.4, 0.5) is 0 Å². The van der Waals surface area contributed by atoms with Crippen LogP contribution in [0.2, 0.25) is 0 Å². The Kier molecular flexibility index (Phi) is 3.52. The van der Waals surface area contributed by atoms with E-state index < -0.39 is 0 Å². The van der Waals surface area contributed by atoms with Crippen molar-refractivity contribution in [2.24, 2.45) is 7.05 Å². The van der Waals surface area contributed by atoms with Gasteiger partial charge in [0.2, 0.25) is 0 Å². The predicted molar refractivity (Wildman–Crippen MR) is 90.3 cm³/mol. The normalized spacial score (nSPS) is 11.2. The fraction of sp³-hybridized carbons (Fsp3) is 0.158. The van der Waals surface area contributed by atoms with Gasteiger partial charge in [-0.1, -0.05) is 23.8 Å². The van der Waals surface area contributed by atoms with Crippen LogP contribution in [0.5, 0.6) is 0 Å². The third-order valence-corrected chi connectivity index (χ3v) is 3.99. The van der Waals surface area contributed by atoms with E-state index in [0.29, 0.717) is 5.69 Å². The number of aryl methyl sites for hydroxylation is 1. The molecule has 0 aliphatic carbocycles. The van der Waals surface area contributed by atoms with Gasteiger partial charge in [0.05, 0.1) is 11.2 Å². The Labute approximate surface area is 130 Å². The Morgan fingerprint density at radius 2 is 1.91 bits per heavy atom. The van der Waals surface area contributed by atoms with E-state index in [1.807, 2.05) is 48.9 Å². The van der Waals surface area contributed by atoms with Gasteiger partial charge in [0.25, 0.3) is 0 Å². The van der Waals surface area contributed by atoms with Gasteiger partial charge in [-0.15, -0.1) is 0 Å². The molecule has 108 valence electrons. The zero-order valence-electron chi connectivity index (χ0n) is 13.0. The standard InChI is InChI=1S/C19H17N3/c1-13-4-9-19-16(10-13)6-8-17(21-19)7-5-15-11-18(12-20)22(3)14(15)2/h4-11H,1-3H3/b7-5+. The number of hydrogen-bond acceptors (Lipinski definition) is 2. The van der Waals surface area contributed by atoms with Crippen LogP contribution in [0.3, 0.4) is 0 Å². The lowest BCUT2D eigenvalue weighted by Gasteiger charge is -2.01. The van der Waals surface area contributed by atoms with Gasteiger partial charge in [0, 0.05) is 18.1 Å². The lowest BCUT2D eigenvalue weighted by molar-refractivity contribution is 0.865. The Hall–Kier alpha value is -2.86. The molecule has 0 saturated carbocycles. The minimum Gasteiger partial charge on any atom is -0.339 e. The van der Waals surface area contributed by atoms with E-state index in [4.69, 9.17) is 5.26 Å². The van der Waals surface area contributed by atoms with Crippen LogP contribution in [-0.4, -0.2) is 9.55 Å². The first-order valence-electron chi connectivity index (χ1n) is 7.20. The first-order chi connectivity index (χ1) is 10.6. The van der Waals surface area contributed by atoms with E-state index >= 15 is 0 Å². The molecule has 22 heavy (non-hydrogen) atoms. The maximum atomic E-state index is 9.07. The molecule has 3 heteroatoms. The van der Waals surface area contributed by atoms with Crippen molar-refractivity contribution in [3.63, 3.8) is 0 Å². The highest BCUT2D eigenvalue weighted by Crippen LogP contribution is 2.18. The summed E-state index contributed by atoms with van der Waals surface area (Å²) in [6.07, 6.45) is 4.00. The number of benzene rings is 1. The maximum absolute atomic E-state index is 9.07. The van der Waals surface area contributed by atoms with Crippen LogP contribution in [-0.2, 0) is 7.05 Å². The average Bonchev–Trinajstić information content (AvgIpc) is 2.80. The molecule has 3 rings (SSSR count). The molecular weight excluding hydrogens is 270 g/mol. The first kappa shape index (κ1) is 14.1. The molecular formula is C19H17N3. The smallest absolute Gasteiger partial charge is 0.120 e. The number of nitriles is 1. The zero-order chi connectivity index (χ0) is 15.7. The van der Waals surface area contributed by atoms with Crippen LogP contribution >= 0.6 is 0 Å². The van der Waals surface area contributed by atoms with Gasteiger partial charge in [-0.25, -0.2) is 4.98 Å². The number of rotatable bonds is 2. The van der Waals surface area contributed by atoms with Crippen molar-refractivity contribution in [3.05, 3.63) is 64.6 Å².